The second-order valence-corrected chi connectivity index (χ2v) is 10.1. The van der Waals surface area contributed by atoms with Crippen LogP contribution in [0.2, 0.25) is 0 Å². The Morgan fingerprint density at radius 2 is 1.06 bits per heavy atom. The lowest BCUT2D eigenvalue weighted by Gasteiger charge is -2.40. The molecule has 0 N–H and O–H groups in total. The third-order valence-corrected chi connectivity index (χ3v) is 8.35. The molecular formula is C32H22S. The van der Waals surface area contributed by atoms with Gasteiger partial charge in [-0.15, -0.1) is 0 Å². The lowest BCUT2D eigenvalue weighted by Crippen LogP contribution is -2.32. The maximum atomic E-state index is 2.45. The predicted octanol–water partition coefficient (Wildman–Crippen LogP) is 8.49. The molecule has 0 atom stereocenters. The maximum absolute atomic E-state index is 2.45. The van der Waals surface area contributed by atoms with E-state index in [4.69, 9.17) is 0 Å². The van der Waals surface area contributed by atoms with Gasteiger partial charge in [0.25, 0.3) is 0 Å². The Balaban J connectivity index is 1.64. The first kappa shape index (κ1) is 19.0. The summed E-state index contributed by atoms with van der Waals surface area (Å²) in [6, 6.07) is 42.8. The molecule has 0 bridgehead atoms. The zero-order chi connectivity index (χ0) is 22.0. The molecule has 156 valence electrons. The van der Waals surface area contributed by atoms with E-state index in [2.05, 4.69) is 122 Å². The zero-order valence-electron chi connectivity index (χ0n) is 18.4. The summed E-state index contributed by atoms with van der Waals surface area (Å²) in [4.78, 5) is 2.70. The summed E-state index contributed by atoms with van der Waals surface area (Å²) in [5.74, 6) is 0. The molecule has 0 saturated heterocycles. The van der Waals surface area contributed by atoms with Crippen molar-refractivity contribution in [3.63, 3.8) is 0 Å². The quantitative estimate of drug-likeness (QED) is 0.248. The van der Waals surface area contributed by atoms with Gasteiger partial charge in [-0.2, -0.15) is 0 Å². The predicted molar refractivity (Wildman–Crippen MR) is 138 cm³/mol. The van der Waals surface area contributed by atoms with Gasteiger partial charge in [0.05, 0.1) is 5.41 Å². The molecule has 0 saturated carbocycles. The first-order valence-electron chi connectivity index (χ1n) is 11.4. The third kappa shape index (κ3) is 2.54. The Bertz CT molecular complexity index is 1500. The standard InChI is InChI=1S/C32H22S/c1-21-15-17-30-28(19-21)32(26-13-7-5-11-24(26)25-12-6-8-14-27(25)32)29-20-23(16-18-31(29)33-30)22-9-3-2-4-10-22/h2-20H,1H3. The molecule has 5 aromatic carbocycles. The Morgan fingerprint density at radius 1 is 0.485 bits per heavy atom. The molecule has 1 spiro atoms. The highest BCUT2D eigenvalue weighted by atomic mass is 32.2. The van der Waals surface area contributed by atoms with Crippen LogP contribution in [0.4, 0.5) is 0 Å². The van der Waals surface area contributed by atoms with Crippen LogP contribution in [0.15, 0.2) is 125 Å². The van der Waals surface area contributed by atoms with E-state index in [-0.39, 0.29) is 5.41 Å². The highest BCUT2D eigenvalue weighted by molar-refractivity contribution is 7.99. The fourth-order valence-electron chi connectivity index (χ4n) is 5.83. The molecule has 1 aliphatic carbocycles. The van der Waals surface area contributed by atoms with Gasteiger partial charge in [-0.05, 0) is 69.6 Å². The van der Waals surface area contributed by atoms with Crippen molar-refractivity contribution >= 4 is 11.8 Å². The molecule has 7 rings (SSSR count). The van der Waals surface area contributed by atoms with Crippen LogP contribution in [0.5, 0.6) is 0 Å². The van der Waals surface area contributed by atoms with Gasteiger partial charge in [0.2, 0.25) is 0 Å². The van der Waals surface area contributed by atoms with Crippen LogP contribution in [-0.4, -0.2) is 0 Å². The summed E-state index contributed by atoms with van der Waals surface area (Å²) in [6.45, 7) is 2.21. The second kappa shape index (κ2) is 6.97. The Morgan fingerprint density at radius 3 is 1.76 bits per heavy atom. The topological polar surface area (TPSA) is 0 Å². The molecule has 1 aliphatic heterocycles. The van der Waals surface area contributed by atoms with Gasteiger partial charge in [0.15, 0.2) is 0 Å². The second-order valence-electron chi connectivity index (χ2n) is 9.02. The van der Waals surface area contributed by atoms with E-state index in [1.54, 1.807) is 0 Å². The summed E-state index contributed by atoms with van der Waals surface area (Å²) in [7, 11) is 0. The van der Waals surface area contributed by atoms with Crippen LogP contribution >= 0.6 is 11.8 Å². The normalized spacial score (nSPS) is 14.3. The summed E-state index contributed by atoms with van der Waals surface area (Å²) in [5.41, 5.74) is 11.8. The highest BCUT2D eigenvalue weighted by Gasteiger charge is 2.50. The van der Waals surface area contributed by atoms with Crippen molar-refractivity contribution in [2.24, 2.45) is 0 Å². The zero-order valence-corrected chi connectivity index (χ0v) is 19.2. The van der Waals surface area contributed by atoms with Crippen LogP contribution in [0.25, 0.3) is 22.3 Å². The molecule has 5 aromatic rings. The molecule has 1 heterocycles. The van der Waals surface area contributed by atoms with E-state index < -0.39 is 0 Å². The van der Waals surface area contributed by atoms with E-state index in [1.807, 2.05) is 11.8 Å². The van der Waals surface area contributed by atoms with E-state index in [0.29, 0.717) is 0 Å². The minimum Gasteiger partial charge on any atom is -0.0894 e. The Hall–Kier alpha value is -3.55. The average Bonchev–Trinajstić information content (AvgIpc) is 3.16. The van der Waals surface area contributed by atoms with Gasteiger partial charge < -0.3 is 0 Å². The summed E-state index contributed by atoms with van der Waals surface area (Å²) >= 11 is 1.91. The molecule has 2 aliphatic rings. The summed E-state index contributed by atoms with van der Waals surface area (Å²) < 4.78 is 0. The number of hydrogen-bond acceptors (Lipinski definition) is 1. The summed E-state index contributed by atoms with van der Waals surface area (Å²) in [6.07, 6.45) is 0. The molecule has 0 unspecified atom stereocenters. The lowest BCUT2D eigenvalue weighted by atomic mass is 9.66. The van der Waals surface area contributed by atoms with E-state index in [0.717, 1.165) is 0 Å². The van der Waals surface area contributed by atoms with Crippen LogP contribution in [0, 0.1) is 6.92 Å². The number of rotatable bonds is 1. The Kier molecular flexibility index (Phi) is 4.01. The number of fused-ring (bicyclic) bond motifs is 9. The maximum Gasteiger partial charge on any atom is 0.0735 e. The molecule has 1 heteroatoms. The van der Waals surface area contributed by atoms with Gasteiger partial charge in [-0.3, -0.25) is 0 Å². The smallest absolute Gasteiger partial charge is 0.0735 e. The van der Waals surface area contributed by atoms with Crippen molar-refractivity contribution in [2.45, 2.75) is 22.1 Å². The largest absolute Gasteiger partial charge is 0.0894 e. The Labute approximate surface area is 199 Å². The fourth-order valence-corrected chi connectivity index (χ4v) is 6.98. The van der Waals surface area contributed by atoms with Crippen LogP contribution in [-0.2, 0) is 5.41 Å². The number of aryl methyl sites for hydroxylation is 1. The van der Waals surface area contributed by atoms with Crippen LogP contribution in [0.1, 0.15) is 27.8 Å². The minimum atomic E-state index is -0.306. The lowest BCUT2D eigenvalue weighted by molar-refractivity contribution is 0.721. The molecule has 33 heavy (non-hydrogen) atoms. The van der Waals surface area contributed by atoms with Gasteiger partial charge in [-0.1, -0.05) is 114 Å². The average molecular weight is 439 g/mol. The molecular weight excluding hydrogens is 416 g/mol. The molecule has 0 radical (unpaired) electrons. The highest BCUT2D eigenvalue weighted by Crippen LogP contribution is 2.62. The first-order chi connectivity index (χ1) is 16.3. The summed E-state index contributed by atoms with van der Waals surface area (Å²) in [5, 5.41) is 0. The van der Waals surface area contributed by atoms with Gasteiger partial charge >= 0.3 is 0 Å². The van der Waals surface area contributed by atoms with Gasteiger partial charge in [0.1, 0.15) is 0 Å². The van der Waals surface area contributed by atoms with Crippen LogP contribution < -0.4 is 0 Å². The SMILES string of the molecule is Cc1ccc2c(c1)C1(c3cc(-c4ccccc4)ccc3S2)c2ccccc2-c2ccccc21. The van der Waals surface area contributed by atoms with Crippen molar-refractivity contribution in [1.82, 2.24) is 0 Å². The molecule has 0 nitrogen and oxygen atoms in total. The van der Waals surface area contributed by atoms with Gasteiger partial charge in [-0.25, -0.2) is 0 Å². The van der Waals surface area contributed by atoms with Crippen molar-refractivity contribution in [2.75, 3.05) is 0 Å². The fraction of sp³-hybridized carbons (Fsp3) is 0.0625. The van der Waals surface area contributed by atoms with E-state index in [9.17, 15) is 0 Å². The monoisotopic (exact) mass is 438 g/mol. The number of hydrogen-bond donors (Lipinski definition) is 0. The third-order valence-electron chi connectivity index (χ3n) is 7.20. The van der Waals surface area contributed by atoms with Crippen molar-refractivity contribution in [1.29, 1.82) is 0 Å². The van der Waals surface area contributed by atoms with Gasteiger partial charge in [0, 0.05) is 9.79 Å². The first-order valence-corrected chi connectivity index (χ1v) is 12.3. The molecule has 0 fully saturated rings. The van der Waals surface area contributed by atoms with Crippen molar-refractivity contribution < 1.29 is 0 Å². The minimum absolute atomic E-state index is 0.306. The van der Waals surface area contributed by atoms with Crippen molar-refractivity contribution in [3.8, 4) is 22.3 Å². The molecule has 0 amide bonds. The number of benzene rings is 5. The van der Waals surface area contributed by atoms with Crippen LogP contribution in [0.3, 0.4) is 0 Å². The van der Waals surface area contributed by atoms with E-state index in [1.165, 1.54) is 59.9 Å². The molecule has 0 aromatic heterocycles. The van der Waals surface area contributed by atoms with E-state index >= 15 is 0 Å². The van der Waals surface area contributed by atoms with Crippen molar-refractivity contribution in [3.05, 3.63) is 143 Å².